The number of carbonyl (C=O) groups excluding carboxylic acids is 2. The van der Waals surface area contributed by atoms with Crippen LogP contribution in [0.1, 0.15) is 30.5 Å². The Balaban J connectivity index is 2.12. The van der Waals surface area contributed by atoms with Crippen LogP contribution >= 0.6 is 0 Å². The van der Waals surface area contributed by atoms with Crippen molar-refractivity contribution in [2.75, 3.05) is 6.61 Å². The van der Waals surface area contributed by atoms with Crippen LogP contribution in [-0.4, -0.2) is 30.8 Å². The summed E-state index contributed by atoms with van der Waals surface area (Å²) >= 11 is 0. The SMILES string of the molecule is C=CCOC(=O)[C@H](Cc1ccc(OC(C)C)c(CC=C)c1)NC(=O)OCc1ccccc1. The molecule has 0 unspecified atom stereocenters. The molecule has 1 atom stereocenters. The van der Waals surface area contributed by atoms with Crippen molar-refractivity contribution in [3.05, 3.63) is 90.5 Å². The first-order valence-electron chi connectivity index (χ1n) is 10.6. The molecule has 0 saturated carbocycles. The molecule has 1 N–H and O–H groups in total. The van der Waals surface area contributed by atoms with Gasteiger partial charge in [-0.1, -0.05) is 61.2 Å². The highest BCUT2D eigenvalue weighted by Crippen LogP contribution is 2.23. The Kier molecular flexibility index (Phi) is 10.0. The van der Waals surface area contributed by atoms with Gasteiger partial charge in [-0.2, -0.15) is 0 Å². The highest BCUT2D eigenvalue weighted by molar-refractivity contribution is 5.81. The van der Waals surface area contributed by atoms with Crippen LogP contribution in [0.5, 0.6) is 5.75 Å². The molecule has 2 aromatic rings. The van der Waals surface area contributed by atoms with E-state index in [1.54, 1.807) is 6.08 Å². The predicted octanol–water partition coefficient (Wildman–Crippen LogP) is 4.77. The molecule has 0 aromatic heterocycles. The molecule has 0 spiro atoms. The van der Waals surface area contributed by atoms with Crippen molar-refractivity contribution in [3.63, 3.8) is 0 Å². The third-order valence-corrected chi connectivity index (χ3v) is 4.42. The third kappa shape index (κ3) is 8.30. The van der Waals surface area contributed by atoms with Crippen molar-refractivity contribution in [2.45, 2.75) is 45.4 Å². The topological polar surface area (TPSA) is 73.9 Å². The zero-order valence-corrected chi connectivity index (χ0v) is 18.7. The monoisotopic (exact) mass is 437 g/mol. The van der Waals surface area contributed by atoms with Crippen molar-refractivity contribution >= 4 is 12.1 Å². The number of carbonyl (C=O) groups is 2. The Morgan fingerprint density at radius 2 is 1.75 bits per heavy atom. The Labute approximate surface area is 189 Å². The molecule has 0 aliphatic carbocycles. The summed E-state index contributed by atoms with van der Waals surface area (Å²) in [5.41, 5.74) is 2.65. The van der Waals surface area contributed by atoms with Crippen LogP contribution in [0.25, 0.3) is 0 Å². The van der Waals surface area contributed by atoms with E-state index in [-0.39, 0.29) is 25.7 Å². The molecule has 170 valence electrons. The molecular weight excluding hydrogens is 406 g/mol. The summed E-state index contributed by atoms with van der Waals surface area (Å²) in [7, 11) is 0. The molecule has 32 heavy (non-hydrogen) atoms. The fraction of sp³-hybridized carbons (Fsp3) is 0.308. The second-order valence-electron chi connectivity index (χ2n) is 7.48. The molecule has 6 heteroatoms. The standard InChI is InChI=1S/C26H31NO5/c1-5-10-22-16-21(13-14-24(22)32-19(3)4)17-23(25(28)30-15-6-2)27-26(29)31-18-20-11-8-7-9-12-20/h5-9,11-14,16,19,23H,1-2,10,15,17-18H2,3-4H3,(H,27,29)/t23-/m0/s1. The summed E-state index contributed by atoms with van der Waals surface area (Å²) in [4.78, 5) is 24.9. The van der Waals surface area contributed by atoms with Gasteiger partial charge in [0.2, 0.25) is 0 Å². The van der Waals surface area contributed by atoms with E-state index in [0.29, 0.717) is 6.42 Å². The van der Waals surface area contributed by atoms with Gasteiger partial charge < -0.3 is 19.5 Å². The zero-order valence-electron chi connectivity index (χ0n) is 18.7. The minimum absolute atomic E-state index is 0.0343. The number of benzene rings is 2. The third-order valence-electron chi connectivity index (χ3n) is 4.42. The first-order chi connectivity index (χ1) is 15.4. The normalized spacial score (nSPS) is 11.3. The van der Waals surface area contributed by atoms with E-state index in [1.165, 1.54) is 6.08 Å². The van der Waals surface area contributed by atoms with Crippen LogP contribution < -0.4 is 10.1 Å². The number of ether oxygens (including phenoxy) is 3. The van der Waals surface area contributed by atoms with Gasteiger partial charge in [0, 0.05) is 6.42 Å². The summed E-state index contributed by atoms with van der Waals surface area (Å²) < 4.78 is 16.3. The highest BCUT2D eigenvalue weighted by Gasteiger charge is 2.24. The molecular formula is C26H31NO5. The van der Waals surface area contributed by atoms with Crippen LogP contribution in [0.3, 0.4) is 0 Å². The number of hydrogen-bond acceptors (Lipinski definition) is 5. The maximum absolute atomic E-state index is 12.6. The fourth-order valence-electron chi connectivity index (χ4n) is 3.02. The Bertz CT molecular complexity index is 908. The van der Waals surface area contributed by atoms with Crippen LogP contribution in [-0.2, 0) is 33.7 Å². The lowest BCUT2D eigenvalue weighted by atomic mass is 10.0. The quantitative estimate of drug-likeness (QED) is 0.382. The number of hydrogen-bond donors (Lipinski definition) is 1. The van der Waals surface area contributed by atoms with Crippen LogP contribution in [0.15, 0.2) is 73.8 Å². The summed E-state index contributed by atoms with van der Waals surface area (Å²) in [6.07, 6.45) is 3.47. The highest BCUT2D eigenvalue weighted by atomic mass is 16.6. The Morgan fingerprint density at radius 3 is 2.41 bits per heavy atom. The number of esters is 1. The van der Waals surface area contributed by atoms with E-state index < -0.39 is 18.1 Å². The second kappa shape index (κ2) is 13.0. The molecule has 0 heterocycles. The fourth-order valence-corrected chi connectivity index (χ4v) is 3.02. The van der Waals surface area contributed by atoms with Gasteiger partial charge in [-0.05, 0) is 43.0 Å². The molecule has 0 bridgehead atoms. The van der Waals surface area contributed by atoms with Crippen LogP contribution in [0.2, 0.25) is 0 Å². The largest absolute Gasteiger partial charge is 0.491 e. The molecule has 1 amide bonds. The Morgan fingerprint density at radius 1 is 1.00 bits per heavy atom. The zero-order chi connectivity index (χ0) is 23.3. The molecule has 2 aromatic carbocycles. The van der Waals surface area contributed by atoms with E-state index in [2.05, 4.69) is 18.5 Å². The minimum atomic E-state index is -0.910. The van der Waals surface area contributed by atoms with Gasteiger partial charge in [-0.25, -0.2) is 9.59 Å². The van der Waals surface area contributed by atoms with Crippen molar-refractivity contribution < 1.29 is 23.8 Å². The average molecular weight is 438 g/mol. The number of nitrogens with one attached hydrogen (secondary N) is 1. The molecule has 2 rings (SSSR count). The van der Waals surface area contributed by atoms with Gasteiger partial charge in [0.1, 0.15) is 25.0 Å². The smallest absolute Gasteiger partial charge is 0.408 e. The van der Waals surface area contributed by atoms with E-state index in [9.17, 15) is 9.59 Å². The van der Waals surface area contributed by atoms with Crippen molar-refractivity contribution in [2.24, 2.45) is 0 Å². The van der Waals surface area contributed by atoms with Crippen LogP contribution in [0, 0.1) is 0 Å². The summed E-state index contributed by atoms with van der Waals surface area (Å²) in [5.74, 6) is 0.207. The first kappa shape index (κ1) is 24.7. The van der Waals surface area contributed by atoms with E-state index in [1.807, 2.05) is 62.4 Å². The molecule has 0 radical (unpaired) electrons. The minimum Gasteiger partial charge on any atom is -0.491 e. The molecule has 6 nitrogen and oxygen atoms in total. The number of rotatable bonds is 12. The second-order valence-corrected chi connectivity index (χ2v) is 7.48. The predicted molar refractivity (Wildman–Crippen MR) is 125 cm³/mol. The van der Waals surface area contributed by atoms with Crippen molar-refractivity contribution in [1.29, 1.82) is 0 Å². The summed E-state index contributed by atoms with van der Waals surface area (Å²) in [6, 6.07) is 14.1. The number of alkyl carbamates (subject to hydrolysis) is 1. The average Bonchev–Trinajstić information content (AvgIpc) is 2.78. The van der Waals surface area contributed by atoms with Gasteiger partial charge in [-0.15, -0.1) is 6.58 Å². The van der Waals surface area contributed by atoms with Crippen molar-refractivity contribution in [3.8, 4) is 5.75 Å². The number of amides is 1. The van der Waals surface area contributed by atoms with Gasteiger partial charge in [0.25, 0.3) is 0 Å². The van der Waals surface area contributed by atoms with Gasteiger partial charge in [-0.3, -0.25) is 0 Å². The van der Waals surface area contributed by atoms with E-state index in [0.717, 1.165) is 22.4 Å². The lowest BCUT2D eigenvalue weighted by Gasteiger charge is -2.19. The Hall–Kier alpha value is -3.54. The van der Waals surface area contributed by atoms with Gasteiger partial charge in [0.15, 0.2) is 0 Å². The molecule has 0 aliphatic rings. The van der Waals surface area contributed by atoms with Gasteiger partial charge >= 0.3 is 12.1 Å². The van der Waals surface area contributed by atoms with E-state index in [4.69, 9.17) is 14.2 Å². The lowest BCUT2D eigenvalue weighted by Crippen LogP contribution is -2.43. The summed E-state index contributed by atoms with van der Waals surface area (Å²) in [6.45, 7) is 11.4. The lowest BCUT2D eigenvalue weighted by molar-refractivity contribution is -0.144. The van der Waals surface area contributed by atoms with Gasteiger partial charge in [0.05, 0.1) is 6.10 Å². The van der Waals surface area contributed by atoms with E-state index >= 15 is 0 Å². The molecule has 0 saturated heterocycles. The summed E-state index contributed by atoms with van der Waals surface area (Å²) in [5, 5.41) is 2.62. The maximum Gasteiger partial charge on any atom is 0.408 e. The van der Waals surface area contributed by atoms with Crippen LogP contribution in [0.4, 0.5) is 4.79 Å². The molecule has 0 fully saturated rings. The number of allylic oxidation sites excluding steroid dienone is 1. The van der Waals surface area contributed by atoms with Crippen molar-refractivity contribution in [1.82, 2.24) is 5.32 Å². The molecule has 0 aliphatic heterocycles. The first-order valence-corrected chi connectivity index (χ1v) is 10.6. The maximum atomic E-state index is 12.6.